The fourth-order valence-corrected chi connectivity index (χ4v) is 1.74. The Labute approximate surface area is 125 Å². The Morgan fingerprint density at radius 3 is 2.73 bits per heavy atom. The number of amides is 1. The molecule has 0 unspecified atom stereocenters. The summed E-state index contributed by atoms with van der Waals surface area (Å²) in [5.41, 5.74) is 4.06. The topological polar surface area (TPSA) is 115 Å². The van der Waals surface area contributed by atoms with E-state index in [9.17, 15) is 14.9 Å². The first-order valence-electron chi connectivity index (χ1n) is 6.54. The van der Waals surface area contributed by atoms with E-state index in [2.05, 4.69) is 20.6 Å². The molecule has 1 heterocycles. The number of carbonyl (C=O) groups excluding carboxylic acids is 1. The van der Waals surface area contributed by atoms with E-state index in [1.165, 1.54) is 0 Å². The van der Waals surface area contributed by atoms with Gasteiger partial charge in [-0.1, -0.05) is 42.2 Å². The van der Waals surface area contributed by atoms with Crippen LogP contribution in [0, 0.1) is 10.1 Å². The van der Waals surface area contributed by atoms with Gasteiger partial charge in [0.15, 0.2) is 0 Å². The maximum Gasteiger partial charge on any atom is 0.490 e. The molecule has 0 radical (unpaired) electrons. The predicted octanol–water partition coefficient (Wildman–Crippen LogP) is 1.12. The average molecular weight is 302 g/mol. The molecule has 0 atom stereocenters. The molecule has 0 saturated carbocycles. The first-order valence-corrected chi connectivity index (χ1v) is 6.54. The highest BCUT2D eigenvalue weighted by atomic mass is 16.6. The molecule has 9 nitrogen and oxygen atoms in total. The van der Waals surface area contributed by atoms with E-state index in [0.717, 1.165) is 22.3 Å². The molecule has 0 spiro atoms. The summed E-state index contributed by atoms with van der Waals surface area (Å²) in [6.45, 7) is 1.73. The van der Waals surface area contributed by atoms with E-state index >= 15 is 0 Å². The summed E-state index contributed by atoms with van der Waals surface area (Å²) in [6, 6.07) is 9.46. The van der Waals surface area contributed by atoms with Crippen LogP contribution in [0.15, 0.2) is 41.8 Å². The lowest BCUT2D eigenvalue weighted by Crippen LogP contribution is -2.25. The molecule has 0 saturated heterocycles. The van der Waals surface area contributed by atoms with Crippen LogP contribution in [-0.2, 0) is 11.3 Å². The molecular formula is C13H14N6O3. The second-order valence-corrected chi connectivity index (χ2v) is 4.31. The smallest absolute Gasteiger partial charge is 0.390 e. The normalized spacial score (nSPS) is 11.2. The molecule has 1 N–H and O–H groups in total. The van der Waals surface area contributed by atoms with Crippen molar-refractivity contribution in [2.75, 3.05) is 0 Å². The van der Waals surface area contributed by atoms with E-state index in [-0.39, 0.29) is 6.54 Å². The third-order valence-electron chi connectivity index (χ3n) is 2.75. The fourth-order valence-electron chi connectivity index (χ4n) is 1.74. The summed E-state index contributed by atoms with van der Waals surface area (Å²) >= 11 is 0. The van der Waals surface area contributed by atoms with Gasteiger partial charge in [-0.15, -0.1) is 0 Å². The lowest BCUT2D eigenvalue weighted by Gasteiger charge is -2.04. The summed E-state index contributed by atoms with van der Waals surface area (Å²) in [5, 5.41) is 18.1. The van der Waals surface area contributed by atoms with Crippen molar-refractivity contribution in [1.29, 1.82) is 0 Å². The van der Waals surface area contributed by atoms with Gasteiger partial charge in [0.2, 0.25) is 6.33 Å². The zero-order valence-electron chi connectivity index (χ0n) is 11.8. The van der Waals surface area contributed by atoms with Gasteiger partial charge in [-0.05, 0) is 16.9 Å². The van der Waals surface area contributed by atoms with Gasteiger partial charge in [0.25, 0.3) is 5.91 Å². The maximum atomic E-state index is 11.8. The van der Waals surface area contributed by atoms with Crippen molar-refractivity contribution in [2.24, 2.45) is 5.10 Å². The second-order valence-electron chi connectivity index (χ2n) is 4.31. The number of hydrogen-bond donors (Lipinski definition) is 1. The van der Waals surface area contributed by atoms with Gasteiger partial charge in [-0.2, -0.15) is 9.78 Å². The van der Waals surface area contributed by atoms with Crippen LogP contribution in [0.4, 0.5) is 5.95 Å². The zero-order valence-corrected chi connectivity index (χ0v) is 11.8. The minimum Gasteiger partial charge on any atom is -0.390 e. The lowest BCUT2D eigenvalue weighted by molar-refractivity contribution is -0.394. The molecule has 114 valence electrons. The molecule has 1 aromatic carbocycles. The number of hydrazone groups is 1. The Hall–Kier alpha value is -3.10. The predicted molar refractivity (Wildman–Crippen MR) is 78.1 cm³/mol. The van der Waals surface area contributed by atoms with Gasteiger partial charge in [0.05, 0.1) is 5.71 Å². The van der Waals surface area contributed by atoms with Crippen LogP contribution in [0.2, 0.25) is 0 Å². The van der Waals surface area contributed by atoms with Gasteiger partial charge in [0.1, 0.15) is 6.54 Å². The van der Waals surface area contributed by atoms with E-state index in [1.807, 2.05) is 37.3 Å². The number of carbonyl (C=O) groups is 1. The Bertz CT molecular complexity index is 695. The van der Waals surface area contributed by atoms with Crippen molar-refractivity contribution in [3.8, 4) is 0 Å². The standard InChI is InChI=1S/C13H14N6O3/c1-2-11(10-6-4-3-5-7-10)15-16-12(20)8-18-9-14-13(17-18)19(21)22/h3-7,9H,2,8H2,1H3,(H,16,20). The largest absolute Gasteiger partial charge is 0.490 e. The zero-order chi connectivity index (χ0) is 15.9. The molecule has 1 amide bonds. The van der Waals surface area contributed by atoms with Crippen molar-refractivity contribution in [2.45, 2.75) is 19.9 Å². The Balaban J connectivity index is 1.98. The van der Waals surface area contributed by atoms with Crippen molar-refractivity contribution in [3.05, 3.63) is 52.3 Å². The van der Waals surface area contributed by atoms with Crippen molar-refractivity contribution < 1.29 is 9.72 Å². The summed E-state index contributed by atoms with van der Waals surface area (Å²) in [4.78, 5) is 25.0. The molecule has 0 aliphatic carbocycles. The van der Waals surface area contributed by atoms with Crippen LogP contribution in [0.5, 0.6) is 0 Å². The number of rotatable bonds is 6. The maximum absolute atomic E-state index is 11.8. The lowest BCUT2D eigenvalue weighted by atomic mass is 10.1. The third kappa shape index (κ3) is 3.95. The SMILES string of the molecule is CCC(=NNC(=O)Cn1cnc([N+](=O)[O-])n1)c1ccccc1. The molecule has 2 aromatic rings. The highest BCUT2D eigenvalue weighted by Gasteiger charge is 2.15. The highest BCUT2D eigenvalue weighted by Crippen LogP contribution is 2.03. The third-order valence-corrected chi connectivity index (χ3v) is 2.75. The van der Waals surface area contributed by atoms with Crippen molar-refractivity contribution in [3.63, 3.8) is 0 Å². The summed E-state index contributed by atoms with van der Waals surface area (Å²) in [6.07, 6.45) is 1.78. The van der Waals surface area contributed by atoms with E-state index in [1.54, 1.807) is 0 Å². The van der Waals surface area contributed by atoms with E-state index < -0.39 is 16.8 Å². The Kier molecular flexibility index (Phi) is 4.91. The van der Waals surface area contributed by atoms with Crippen LogP contribution >= 0.6 is 0 Å². The first kappa shape index (κ1) is 15.3. The molecular weight excluding hydrogens is 288 g/mol. The second kappa shape index (κ2) is 7.07. The number of aromatic nitrogens is 3. The van der Waals surface area contributed by atoms with Gasteiger partial charge < -0.3 is 10.1 Å². The molecule has 9 heteroatoms. The molecule has 1 aromatic heterocycles. The van der Waals surface area contributed by atoms with Crippen molar-refractivity contribution >= 4 is 17.6 Å². The van der Waals surface area contributed by atoms with E-state index in [4.69, 9.17) is 0 Å². The molecule has 0 aliphatic heterocycles. The fraction of sp³-hybridized carbons (Fsp3) is 0.231. The first-order chi connectivity index (χ1) is 10.6. The molecule has 0 aliphatic rings. The van der Waals surface area contributed by atoms with Crippen LogP contribution < -0.4 is 5.43 Å². The van der Waals surface area contributed by atoms with Crippen LogP contribution in [0.25, 0.3) is 0 Å². The van der Waals surface area contributed by atoms with Crippen molar-refractivity contribution in [1.82, 2.24) is 20.2 Å². The molecule has 0 bridgehead atoms. The minimum atomic E-state index is -0.725. The Morgan fingerprint density at radius 1 is 1.41 bits per heavy atom. The number of nitro groups is 1. The minimum absolute atomic E-state index is 0.198. The van der Waals surface area contributed by atoms with Gasteiger partial charge in [-0.25, -0.2) is 5.43 Å². The number of nitrogens with one attached hydrogen (secondary N) is 1. The highest BCUT2D eigenvalue weighted by molar-refractivity contribution is 6.00. The molecule has 2 rings (SSSR count). The monoisotopic (exact) mass is 302 g/mol. The van der Waals surface area contributed by atoms with Gasteiger partial charge >= 0.3 is 5.95 Å². The van der Waals surface area contributed by atoms with Gasteiger partial charge in [-0.3, -0.25) is 4.79 Å². The van der Waals surface area contributed by atoms with Gasteiger partial charge in [0, 0.05) is 5.10 Å². The Morgan fingerprint density at radius 2 is 2.14 bits per heavy atom. The summed E-state index contributed by atoms with van der Waals surface area (Å²) in [7, 11) is 0. The summed E-state index contributed by atoms with van der Waals surface area (Å²) in [5.74, 6) is -0.989. The number of nitrogens with zero attached hydrogens (tertiary/aromatic N) is 5. The van der Waals surface area contributed by atoms with Crippen LogP contribution in [-0.4, -0.2) is 31.3 Å². The summed E-state index contributed by atoms with van der Waals surface area (Å²) < 4.78 is 1.08. The van der Waals surface area contributed by atoms with E-state index in [0.29, 0.717) is 6.42 Å². The van der Waals surface area contributed by atoms with Crippen LogP contribution in [0.3, 0.4) is 0 Å². The molecule has 0 fully saturated rings. The van der Waals surface area contributed by atoms with Crippen LogP contribution in [0.1, 0.15) is 18.9 Å². The molecule has 22 heavy (non-hydrogen) atoms. The number of benzene rings is 1. The average Bonchev–Trinajstić information content (AvgIpc) is 2.97. The number of hydrogen-bond acceptors (Lipinski definition) is 6. The quantitative estimate of drug-likeness (QED) is 0.487.